The van der Waals surface area contributed by atoms with Crippen LogP contribution in [-0.2, 0) is 11.3 Å². The number of carbonyl (C=O) groups excluding carboxylic acids is 1. The average molecular weight is 486 g/mol. The molecule has 8 nitrogen and oxygen atoms in total. The van der Waals surface area contributed by atoms with Gasteiger partial charge in [0.15, 0.2) is 5.58 Å². The van der Waals surface area contributed by atoms with E-state index in [1.807, 2.05) is 25.7 Å². The largest absolute Gasteiger partial charge is 0.486 e. The fourth-order valence-corrected chi connectivity index (χ4v) is 4.76. The lowest BCUT2D eigenvalue weighted by molar-refractivity contribution is -0.129. The van der Waals surface area contributed by atoms with Crippen molar-refractivity contribution in [3.8, 4) is 5.75 Å². The Labute approximate surface area is 203 Å². The lowest BCUT2D eigenvalue weighted by atomic mass is 9.81. The highest BCUT2D eigenvalue weighted by atomic mass is 19.1. The first-order valence-electron chi connectivity index (χ1n) is 12.0. The standard InChI is InChI=1S/C26H32FN3O5/c1-4-30-21-10-7-19(13-22(21)35-25(30)32)28-24(31)16-29-12-11-26(33,14-17(2)3)23(15-29)34-20-8-5-18(27)6-9-20/h5-10,13,17,23,33H,4,11-12,14-16H2,1-3H3,(H,28,31)/t23-,26+/m0/s1. The number of aliphatic hydroxyl groups is 1. The Morgan fingerprint density at radius 1 is 1.29 bits per heavy atom. The van der Waals surface area contributed by atoms with E-state index in [9.17, 15) is 19.1 Å². The molecule has 1 aliphatic rings. The van der Waals surface area contributed by atoms with E-state index in [0.717, 1.165) is 0 Å². The minimum absolute atomic E-state index is 0.110. The summed E-state index contributed by atoms with van der Waals surface area (Å²) in [5, 5.41) is 14.2. The number of piperidine rings is 1. The van der Waals surface area contributed by atoms with Gasteiger partial charge in [-0.2, -0.15) is 0 Å². The van der Waals surface area contributed by atoms with Gasteiger partial charge in [0.1, 0.15) is 23.3 Å². The van der Waals surface area contributed by atoms with Gasteiger partial charge in [0.05, 0.1) is 12.1 Å². The molecule has 1 fully saturated rings. The van der Waals surface area contributed by atoms with Gasteiger partial charge in [-0.05, 0) is 62.1 Å². The average Bonchev–Trinajstić information content (AvgIpc) is 3.11. The molecule has 1 aromatic heterocycles. The highest BCUT2D eigenvalue weighted by molar-refractivity contribution is 5.94. The van der Waals surface area contributed by atoms with Crippen LogP contribution in [0.1, 0.15) is 33.6 Å². The minimum Gasteiger partial charge on any atom is -0.486 e. The molecule has 0 bridgehead atoms. The summed E-state index contributed by atoms with van der Waals surface area (Å²) in [6.45, 7) is 7.44. The molecular formula is C26H32FN3O5. The molecule has 0 radical (unpaired) electrons. The van der Waals surface area contributed by atoms with E-state index in [1.54, 1.807) is 18.2 Å². The minimum atomic E-state index is -1.05. The molecule has 0 unspecified atom stereocenters. The monoisotopic (exact) mass is 485 g/mol. The predicted octanol–water partition coefficient (Wildman–Crippen LogP) is 3.62. The number of aromatic nitrogens is 1. The van der Waals surface area contributed by atoms with E-state index >= 15 is 0 Å². The number of carbonyl (C=O) groups is 1. The summed E-state index contributed by atoms with van der Waals surface area (Å²) < 4.78 is 26.2. The Balaban J connectivity index is 1.43. The number of rotatable bonds is 8. The highest BCUT2D eigenvalue weighted by Crippen LogP contribution is 2.32. The molecule has 4 rings (SSSR count). The number of anilines is 1. The number of oxazole rings is 1. The third-order valence-corrected chi connectivity index (χ3v) is 6.37. The Morgan fingerprint density at radius 2 is 2.03 bits per heavy atom. The Bertz CT molecular complexity index is 1240. The van der Waals surface area contributed by atoms with Crippen LogP contribution in [0.4, 0.5) is 10.1 Å². The van der Waals surface area contributed by atoms with Crippen molar-refractivity contribution in [2.45, 2.75) is 51.9 Å². The number of fused-ring (bicyclic) bond motifs is 1. The molecule has 2 aromatic carbocycles. The Kier molecular flexibility index (Phi) is 7.28. The zero-order valence-electron chi connectivity index (χ0n) is 20.3. The molecule has 0 spiro atoms. The number of benzene rings is 2. The molecule has 1 aliphatic heterocycles. The Hall–Kier alpha value is -3.17. The van der Waals surface area contributed by atoms with E-state index in [0.29, 0.717) is 55.0 Å². The van der Waals surface area contributed by atoms with Gasteiger partial charge in [0.25, 0.3) is 0 Å². The summed E-state index contributed by atoms with van der Waals surface area (Å²) in [7, 11) is 0. The van der Waals surface area contributed by atoms with Gasteiger partial charge in [-0.1, -0.05) is 13.8 Å². The predicted molar refractivity (Wildman–Crippen MR) is 131 cm³/mol. The second-order valence-electron chi connectivity index (χ2n) is 9.59. The molecule has 35 heavy (non-hydrogen) atoms. The van der Waals surface area contributed by atoms with Crippen molar-refractivity contribution >= 4 is 22.7 Å². The highest BCUT2D eigenvalue weighted by Gasteiger charge is 2.43. The summed E-state index contributed by atoms with van der Waals surface area (Å²) in [5.41, 5.74) is 0.577. The summed E-state index contributed by atoms with van der Waals surface area (Å²) in [5.74, 6) is -0.289. The number of likely N-dealkylation sites (tertiary alicyclic amines) is 1. The number of hydrogen-bond acceptors (Lipinski definition) is 6. The summed E-state index contributed by atoms with van der Waals surface area (Å²) in [4.78, 5) is 26.6. The first-order chi connectivity index (χ1) is 16.7. The lowest BCUT2D eigenvalue weighted by Gasteiger charge is -2.45. The smallest absolute Gasteiger partial charge is 0.419 e. The molecule has 1 amide bonds. The van der Waals surface area contributed by atoms with Crippen LogP contribution in [0.15, 0.2) is 51.7 Å². The van der Waals surface area contributed by atoms with Gasteiger partial charge < -0.3 is 19.6 Å². The van der Waals surface area contributed by atoms with Gasteiger partial charge in [-0.3, -0.25) is 14.3 Å². The molecule has 3 aromatic rings. The number of aryl methyl sites for hydroxylation is 1. The van der Waals surface area contributed by atoms with E-state index < -0.39 is 17.5 Å². The van der Waals surface area contributed by atoms with Crippen LogP contribution >= 0.6 is 0 Å². The molecule has 2 N–H and O–H groups in total. The quantitative estimate of drug-likeness (QED) is 0.506. The Morgan fingerprint density at radius 3 is 2.71 bits per heavy atom. The van der Waals surface area contributed by atoms with Gasteiger partial charge in [0.2, 0.25) is 5.91 Å². The normalized spacial score (nSPS) is 20.9. The number of nitrogens with one attached hydrogen (secondary N) is 1. The number of nitrogens with zero attached hydrogens (tertiary/aromatic N) is 2. The first kappa shape index (κ1) is 24.9. The molecular weight excluding hydrogens is 453 g/mol. The number of ether oxygens (including phenoxy) is 1. The van der Waals surface area contributed by atoms with Crippen LogP contribution < -0.4 is 15.8 Å². The first-order valence-corrected chi connectivity index (χ1v) is 12.0. The van der Waals surface area contributed by atoms with Gasteiger partial charge in [-0.25, -0.2) is 9.18 Å². The zero-order chi connectivity index (χ0) is 25.2. The molecule has 0 aliphatic carbocycles. The summed E-state index contributed by atoms with van der Waals surface area (Å²) in [6, 6.07) is 10.8. The van der Waals surface area contributed by atoms with Crippen LogP contribution in [0, 0.1) is 11.7 Å². The van der Waals surface area contributed by atoms with Crippen molar-refractivity contribution in [2.24, 2.45) is 5.92 Å². The number of halogens is 1. The molecule has 2 atom stereocenters. The molecule has 188 valence electrons. The zero-order valence-corrected chi connectivity index (χ0v) is 20.3. The van der Waals surface area contributed by atoms with Crippen LogP contribution in [0.25, 0.3) is 11.1 Å². The van der Waals surface area contributed by atoms with Crippen molar-refractivity contribution < 1.29 is 23.4 Å². The molecule has 2 heterocycles. The maximum absolute atomic E-state index is 13.3. The van der Waals surface area contributed by atoms with Gasteiger partial charge >= 0.3 is 5.76 Å². The fraction of sp³-hybridized carbons (Fsp3) is 0.462. The van der Waals surface area contributed by atoms with Crippen LogP contribution in [0.2, 0.25) is 0 Å². The number of hydrogen-bond donors (Lipinski definition) is 2. The van der Waals surface area contributed by atoms with E-state index in [-0.39, 0.29) is 24.2 Å². The van der Waals surface area contributed by atoms with Crippen LogP contribution in [-0.4, -0.2) is 51.8 Å². The summed E-state index contributed by atoms with van der Waals surface area (Å²) in [6.07, 6.45) is 0.435. The van der Waals surface area contributed by atoms with Crippen molar-refractivity contribution in [2.75, 3.05) is 25.0 Å². The van der Waals surface area contributed by atoms with Crippen LogP contribution in [0.3, 0.4) is 0 Å². The SMILES string of the molecule is CCn1c(=O)oc2cc(NC(=O)CN3CC[C@@](O)(CC(C)C)[C@@H](Oc4ccc(F)cc4)C3)ccc21. The van der Waals surface area contributed by atoms with Crippen LogP contribution in [0.5, 0.6) is 5.75 Å². The second kappa shape index (κ2) is 10.2. The van der Waals surface area contributed by atoms with E-state index in [4.69, 9.17) is 9.15 Å². The molecule has 1 saturated heterocycles. The van der Waals surface area contributed by atoms with E-state index in [1.165, 1.54) is 28.8 Å². The van der Waals surface area contributed by atoms with Crippen molar-refractivity contribution in [1.29, 1.82) is 0 Å². The fourth-order valence-electron chi connectivity index (χ4n) is 4.76. The topological polar surface area (TPSA) is 96.9 Å². The van der Waals surface area contributed by atoms with Gasteiger partial charge in [-0.15, -0.1) is 0 Å². The lowest BCUT2D eigenvalue weighted by Crippen LogP contribution is -2.59. The summed E-state index contributed by atoms with van der Waals surface area (Å²) >= 11 is 0. The van der Waals surface area contributed by atoms with Crippen molar-refractivity contribution in [3.05, 3.63) is 58.8 Å². The van der Waals surface area contributed by atoms with Crippen molar-refractivity contribution in [1.82, 2.24) is 9.47 Å². The third kappa shape index (κ3) is 5.74. The third-order valence-electron chi connectivity index (χ3n) is 6.37. The molecule has 0 saturated carbocycles. The maximum atomic E-state index is 13.3. The van der Waals surface area contributed by atoms with E-state index in [2.05, 4.69) is 5.32 Å². The number of amides is 1. The second-order valence-corrected chi connectivity index (χ2v) is 9.59. The van der Waals surface area contributed by atoms with Gasteiger partial charge in [0, 0.05) is 31.4 Å². The maximum Gasteiger partial charge on any atom is 0.419 e. The molecule has 9 heteroatoms. The van der Waals surface area contributed by atoms with Crippen molar-refractivity contribution in [3.63, 3.8) is 0 Å².